The summed E-state index contributed by atoms with van der Waals surface area (Å²) in [6.07, 6.45) is 3.58. The van der Waals surface area contributed by atoms with Crippen LogP contribution in [-0.4, -0.2) is 59.7 Å². The summed E-state index contributed by atoms with van der Waals surface area (Å²) >= 11 is 1.99. The van der Waals surface area contributed by atoms with Gasteiger partial charge < -0.3 is 19.3 Å². The first-order chi connectivity index (χ1) is 16.4. The molecule has 0 amide bonds. The molecule has 0 unspecified atom stereocenters. The van der Waals surface area contributed by atoms with Crippen molar-refractivity contribution in [3.63, 3.8) is 0 Å². The lowest BCUT2D eigenvalue weighted by molar-refractivity contribution is 0.229. The van der Waals surface area contributed by atoms with Crippen LogP contribution < -0.4 is 9.64 Å². The van der Waals surface area contributed by atoms with Gasteiger partial charge >= 0.3 is 0 Å². The number of thioether (sulfide) groups is 1. The highest BCUT2D eigenvalue weighted by Crippen LogP contribution is 2.36. The van der Waals surface area contributed by atoms with Crippen LogP contribution >= 0.6 is 11.8 Å². The number of anilines is 1. The molecule has 11 heteroatoms. The lowest BCUT2D eigenvalue weighted by atomic mass is 9.88. The molecule has 5 rings (SSSR count). The van der Waals surface area contributed by atoms with Crippen LogP contribution in [0.3, 0.4) is 0 Å². The van der Waals surface area contributed by atoms with Gasteiger partial charge in [-0.1, -0.05) is 25.9 Å². The van der Waals surface area contributed by atoms with Crippen LogP contribution in [0.2, 0.25) is 0 Å². The molecule has 1 aliphatic rings. The lowest BCUT2D eigenvalue weighted by Crippen LogP contribution is -2.32. The maximum Gasteiger partial charge on any atom is 0.238 e. The molecule has 0 bridgehead atoms. The van der Waals surface area contributed by atoms with E-state index >= 15 is 0 Å². The van der Waals surface area contributed by atoms with Crippen molar-refractivity contribution >= 4 is 23.0 Å². The van der Waals surface area contributed by atoms with Crippen molar-refractivity contribution in [3.8, 4) is 17.4 Å². The van der Waals surface area contributed by atoms with E-state index in [0.717, 1.165) is 47.1 Å². The highest BCUT2D eigenvalue weighted by atomic mass is 32.2. The quantitative estimate of drug-likeness (QED) is 0.440. The molecule has 5 heterocycles. The molecule has 34 heavy (non-hydrogen) atoms. The average Bonchev–Trinajstić information content (AvgIpc) is 3.48. The second-order valence-corrected chi connectivity index (χ2v) is 10.4. The van der Waals surface area contributed by atoms with E-state index in [9.17, 15) is 5.11 Å². The van der Waals surface area contributed by atoms with Crippen molar-refractivity contribution in [2.24, 2.45) is 0 Å². The van der Waals surface area contributed by atoms with Gasteiger partial charge in [0.15, 0.2) is 11.5 Å². The number of fused-ring (bicyclic) bond motifs is 1. The summed E-state index contributed by atoms with van der Waals surface area (Å²) in [6.45, 7) is 8.43. The molecule has 1 N–H and O–H groups in total. The number of aliphatic hydroxyl groups is 1. The molecule has 4 aromatic heterocycles. The van der Waals surface area contributed by atoms with Crippen molar-refractivity contribution in [1.29, 1.82) is 0 Å². The van der Waals surface area contributed by atoms with Crippen LogP contribution in [0.4, 0.5) is 5.69 Å². The molecule has 10 nitrogen and oxygen atoms in total. The van der Waals surface area contributed by atoms with E-state index in [1.807, 2.05) is 24.0 Å². The molecule has 0 aliphatic carbocycles. The fourth-order valence-corrected chi connectivity index (χ4v) is 4.89. The molecule has 0 aromatic carbocycles. The second-order valence-electron chi connectivity index (χ2n) is 9.13. The molecule has 1 fully saturated rings. The zero-order chi connectivity index (χ0) is 23.7. The Labute approximate surface area is 201 Å². The molecule has 1 saturated heterocycles. The van der Waals surface area contributed by atoms with Gasteiger partial charge in [0.25, 0.3) is 0 Å². The van der Waals surface area contributed by atoms with E-state index in [1.54, 1.807) is 16.8 Å². The van der Waals surface area contributed by atoms with E-state index in [-0.39, 0.29) is 18.6 Å². The van der Waals surface area contributed by atoms with Crippen LogP contribution in [0.5, 0.6) is 5.88 Å². The topological polar surface area (TPSA) is 115 Å². The Morgan fingerprint density at radius 3 is 2.68 bits per heavy atom. The highest BCUT2D eigenvalue weighted by molar-refractivity contribution is 7.99. The van der Waals surface area contributed by atoms with Crippen molar-refractivity contribution < 1.29 is 14.4 Å². The van der Waals surface area contributed by atoms with Gasteiger partial charge in [-0.05, 0) is 17.5 Å². The monoisotopic (exact) mass is 481 g/mol. The van der Waals surface area contributed by atoms with Crippen molar-refractivity contribution in [2.75, 3.05) is 29.5 Å². The number of aliphatic hydroxyl groups excluding tert-OH is 1. The van der Waals surface area contributed by atoms with Gasteiger partial charge in [0, 0.05) is 36.2 Å². The molecule has 1 aliphatic heterocycles. The molecular weight excluding hydrogens is 454 g/mol. The zero-order valence-electron chi connectivity index (χ0n) is 19.4. The number of rotatable bonds is 6. The maximum absolute atomic E-state index is 9.31. The van der Waals surface area contributed by atoms with Gasteiger partial charge in [0.1, 0.15) is 13.2 Å². The summed E-state index contributed by atoms with van der Waals surface area (Å²) in [7, 11) is 0. The SMILES string of the molecule is CC(C)(C)c1c(OCc2ccc(N3CCSCC3)cn2)nn2c(-c3cc(CO)on3)nncc12. The number of aromatic nitrogens is 6. The minimum absolute atomic E-state index is 0.250. The highest BCUT2D eigenvalue weighted by Gasteiger charge is 2.28. The Hall–Kier alpha value is -3.18. The molecular formula is C23H27N7O3S. The standard InChI is InChI=1S/C23H27N7O3S/c1-23(2,3)20-19-12-25-26-21(18-10-17(13-31)33-28-18)30(19)27-22(20)32-14-15-4-5-16(11-24-15)29-6-8-34-9-7-29/h4-5,10-12,31H,6-9,13-14H2,1-3H3. The average molecular weight is 482 g/mol. The number of nitrogens with zero attached hydrogens (tertiary/aromatic N) is 7. The van der Waals surface area contributed by atoms with E-state index in [0.29, 0.717) is 23.2 Å². The number of pyridine rings is 1. The Morgan fingerprint density at radius 1 is 1.18 bits per heavy atom. The van der Waals surface area contributed by atoms with Crippen molar-refractivity contribution in [3.05, 3.63) is 47.6 Å². The van der Waals surface area contributed by atoms with Gasteiger partial charge in [0.2, 0.25) is 11.7 Å². The summed E-state index contributed by atoms with van der Waals surface area (Å²) in [5.41, 5.74) is 3.83. The van der Waals surface area contributed by atoms with Gasteiger partial charge in [-0.2, -0.15) is 16.9 Å². The third-order valence-corrected chi connectivity index (χ3v) is 6.60. The normalized spacial score (nSPS) is 14.6. The summed E-state index contributed by atoms with van der Waals surface area (Å²) in [5, 5.41) is 26.4. The fraction of sp³-hybridized carbons (Fsp3) is 0.435. The van der Waals surface area contributed by atoms with Crippen LogP contribution in [0.25, 0.3) is 17.0 Å². The Bertz CT molecular complexity index is 1270. The van der Waals surface area contributed by atoms with E-state index in [1.165, 1.54) is 0 Å². The molecule has 0 radical (unpaired) electrons. The number of hydrogen-bond acceptors (Lipinski definition) is 10. The largest absolute Gasteiger partial charge is 0.470 e. The Morgan fingerprint density at radius 2 is 2.00 bits per heavy atom. The Balaban J connectivity index is 1.44. The van der Waals surface area contributed by atoms with Crippen LogP contribution in [0.1, 0.15) is 37.8 Å². The van der Waals surface area contributed by atoms with Gasteiger partial charge in [0.05, 0.1) is 29.3 Å². The predicted octanol–water partition coefficient (Wildman–Crippen LogP) is 3.10. The van der Waals surface area contributed by atoms with Crippen molar-refractivity contribution in [1.82, 2.24) is 30.0 Å². The third kappa shape index (κ3) is 4.45. The summed E-state index contributed by atoms with van der Waals surface area (Å²) in [4.78, 5) is 6.98. The molecule has 0 saturated carbocycles. The van der Waals surface area contributed by atoms with E-state index in [4.69, 9.17) is 14.4 Å². The van der Waals surface area contributed by atoms with E-state index in [2.05, 4.69) is 52.1 Å². The van der Waals surface area contributed by atoms with Gasteiger partial charge in [-0.15, -0.1) is 10.2 Å². The lowest BCUT2D eigenvalue weighted by Gasteiger charge is -2.28. The van der Waals surface area contributed by atoms with Crippen LogP contribution in [0.15, 0.2) is 35.1 Å². The first-order valence-corrected chi connectivity index (χ1v) is 12.3. The van der Waals surface area contributed by atoms with Crippen LogP contribution in [0, 0.1) is 0 Å². The first-order valence-electron chi connectivity index (χ1n) is 11.2. The molecule has 4 aromatic rings. The number of hydrogen-bond donors (Lipinski definition) is 1. The summed E-state index contributed by atoms with van der Waals surface area (Å²) in [6, 6.07) is 5.73. The third-order valence-electron chi connectivity index (χ3n) is 5.66. The summed E-state index contributed by atoms with van der Waals surface area (Å²) < 4.78 is 13.0. The number of ether oxygens (including phenoxy) is 1. The summed E-state index contributed by atoms with van der Waals surface area (Å²) in [5.74, 6) is 3.54. The van der Waals surface area contributed by atoms with Gasteiger partial charge in [-0.3, -0.25) is 4.98 Å². The molecule has 178 valence electrons. The van der Waals surface area contributed by atoms with Crippen LogP contribution in [-0.2, 0) is 18.6 Å². The van der Waals surface area contributed by atoms with Gasteiger partial charge in [-0.25, -0.2) is 4.52 Å². The molecule has 0 atom stereocenters. The first kappa shape index (κ1) is 22.6. The van der Waals surface area contributed by atoms with E-state index < -0.39 is 0 Å². The fourth-order valence-electron chi connectivity index (χ4n) is 3.98. The maximum atomic E-state index is 9.31. The zero-order valence-corrected chi connectivity index (χ0v) is 20.2. The smallest absolute Gasteiger partial charge is 0.238 e. The minimum Gasteiger partial charge on any atom is -0.470 e. The minimum atomic E-state index is -0.263. The van der Waals surface area contributed by atoms with Crippen molar-refractivity contribution in [2.45, 2.75) is 39.4 Å². The molecule has 0 spiro atoms. The predicted molar refractivity (Wildman–Crippen MR) is 129 cm³/mol. The Kier molecular flexibility index (Phi) is 6.13. The second kappa shape index (κ2) is 9.22.